The lowest BCUT2D eigenvalue weighted by Gasteiger charge is -2.17. The Morgan fingerprint density at radius 1 is 1.50 bits per heavy atom. The molecule has 0 spiro atoms. The van der Waals surface area contributed by atoms with Gasteiger partial charge < -0.3 is 15.3 Å². The lowest BCUT2D eigenvalue weighted by molar-refractivity contribution is -0.141. The lowest BCUT2D eigenvalue weighted by Crippen LogP contribution is -2.36. The summed E-state index contributed by atoms with van der Waals surface area (Å²) in [7, 11) is 1.75. The van der Waals surface area contributed by atoms with Crippen LogP contribution in [0.5, 0.6) is 0 Å². The number of pyridine rings is 1. The first-order valence-corrected chi connectivity index (χ1v) is 6.60. The maximum Gasteiger partial charge on any atom is 0.306 e. The molecule has 0 aromatic carbocycles. The van der Waals surface area contributed by atoms with Crippen LogP contribution in [0.1, 0.15) is 13.3 Å². The fraction of sp³-hybridized carbons (Fsp3) is 0.462. The Balaban J connectivity index is 2.35. The van der Waals surface area contributed by atoms with E-state index in [0.717, 1.165) is 0 Å². The van der Waals surface area contributed by atoms with Crippen LogP contribution >= 0.6 is 11.6 Å². The van der Waals surface area contributed by atoms with Gasteiger partial charge in [0.1, 0.15) is 5.82 Å². The van der Waals surface area contributed by atoms with Crippen molar-refractivity contribution in [2.24, 2.45) is 5.92 Å². The van der Waals surface area contributed by atoms with Crippen molar-refractivity contribution in [1.82, 2.24) is 10.3 Å². The summed E-state index contributed by atoms with van der Waals surface area (Å²) in [5, 5.41) is 11.9. The molecule has 0 aliphatic carbocycles. The molecule has 0 aliphatic heterocycles. The number of rotatable bonds is 7. The summed E-state index contributed by atoms with van der Waals surface area (Å²) in [4.78, 5) is 28.1. The average molecular weight is 300 g/mol. The number of halogens is 1. The van der Waals surface area contributed by atoms with Gasteiger partial charge in [0.2, 0.25) is 5.91 Å². The Morgan fingerprint density at radius 2 is 2.20 bits per heavy atom. The van der Waals surface area contributed by atoms with Crippen molar-refractivity contribution in [1.29, 1.82) is 0 Å². The molecule has 1 aromatic rings. The van der Waals surface area contributed by atoms with Crippen LogP contribution in [0.4, 0.5) is 5.82 Å². The fourth-order valence-electron chi connectivity index (χ4n) is 1.50. The lowest BCUT2D eigenvalue weighted by atomic mass is 10.1. The Bertz CT molecular complexity index is 464. The van der Waals surface area contributed by atoms with Gasteiger partial charge in [-0.3, -0.25) is 9.59 Å². The highest BCUT2D eigenvalue weighted by atomic mass is 35.5. The molecule has 1 atom stereocenters. The second kappa shape index (κ2) is 7.69. The first-order valence-electron chi connectivity index (χ1n) is 6.22. The third kappa shape index (κ3) is 5.44. The van der Waals surface area contributed by atoms with Crippen LogP contribution in [0.2, 0.25) is 5.02 Å². The summed E-state index contributed by atoms with van der Waals surface area (Å²) < 4.78 is 0. The van der Waals surface area contributed by atoms with Crippen LogP contribution in [-0.4, -0.2) is 42.1 Å². The predicted octanol–water partition coefficient (Wildman–Crippen LogP) is 1.40. The van der Waals surface area contributed by atoms with Crippen molar-refractivity contribution in [2.75, 3.05) is 25.0 Å². The molecule has 0 saturated carbocycles. The number of aliphatic carboxylic acids is 1. The number of hydrogen-bond donors (Lipinski definition) is 2. The number of amides is 1. The van der Waals surface area contributed by atoms with Gasteiger partial charge in [-0.15, -0.1) is 0 Å². The summed E-state index contributed by atoms with van der Waals surface area (Å²) in [5.41, 5.74) is 0. The molecule has 7 heteroatoms. The summed E-state index contributed by atoms with van der Waals surface area (Å²) >= 11 is 5.74. The van der Waals surface area contributed by atoms with E-state index in [2.05, 4.69) is 10.3 Å². The molecular weight excluding hydrogens is 282 g/mol. The Labute approximate surface area is 122 Å². The molecule has 0 saturated heterocycles. The number of nitrogens with zero attached hydrogens (tertiary/aromatic N) is 2. The van der Waals surface area contributed by atoms with Gasteiger partial charge in [-0.2, -0.15) is 0 Å². The molecule has 1 heterocycles. The molecule has 0 aliphatic rings. The molecule has 1 rings (SSSR count). The number of likely N-dealkylation sites (N-methyl/N-ethyl adjacent to an activating group) is 1. The smallest absolute Gasteiger partial charge is 0.306 e. The van der Waals surface area contributed by atoms with Crippen LogP contribution in [-0.2, 0) is 9.59 Å². The summed E-state index contributed by atoms with van der Waals surface area (Å²) in [6, 6.07) is 3.43. The number of aromatic nitrogens is 1. The van der Waals surface area contributed by atoms with Crippen molar-refractivity contribution in [3.05, 3.63) is 23.4 Å². The third-order valence-corrected chi connectivity index (χ3v) is 3.03. The number of carbonyl (C=O) groups is 2. The zero-order valence-corrected chi connectivity index (χ0v) is 12.2. The number of carbonyl (C=O) groups excluding carboxylic acids is 1. The normalized spacial score (nSPS) is 11.8. The van der Waals surface area contributed by atoms with Crippen LogP contribution in [0.15, 0.2) is 18.3 Å². The Morgan fingerprint density at radius 3 is 2.75 bits per heavy atom. The van der Waals surface area contributed by atoms with Gasteiger partial charge in [0.15, 0.2) is 0 Å². The van der Waals surface area contributed by atoms with Crippen LogP contribution in [0.25, 0.3) is 0 Å². The molecule has 110 valence electrons. The maximum absolute atomic E-state index is 11.7. The van der Waals surface area contributed by atoms with Crippen LogP contribution < -0.4 is 10.2 Å². The van der Waals surface area contributed by atoms with Crippen molar-refractivity contribution < 1.29 is 14.7 Å². The van der Waals surface area contributed by atoms with Crippen LogP contribution in [0.3, 0.4) is 0 Å². The fourth-order valence-corrected chi connectivity index (χ4v) is 1.61. The quantitative estimate of drug-likeness (QED) is 0.795. The first-order chi connectivity index (χ1) is 9.40. The minimum atomic E-state index is -0.860. The molecule has 1 amide bonds. The third-order valence-electron chi connectivity index (χ3n) is 2.80. The molecule has 6 nitrogen and oxygen atoms in total. The summed E-state index contributed by atoms with van der Waals surface area (Å²) in [6.45, 7) is 2.10. The van der Waals surface area contributed by atoms with Gasteiger partial charge in [0.25, 0.3) is 0 Å². The van der Waals surface area contributed by atoms with E-state index >= 15 is 0 Å². The monoisotopic (exact) mass is 299 g/mol. The van der Waals surface area contributed by atoms with Crippen molar-refractivity contribution in [3.8, 4) is 0 Å². The van der Waals surface area contributed by atoms with Gasteiger partial charge in [0.05, 0.1) is 17.5 Å². The van der Waals surface area contributed by atoms with Gasteiger partial charge in [0, 0.05) is 19.8 Å². The highest BCUT2D eigenvalue weighted by molar-refractivity contribution is 6.30. The van der Waals surface area contributed by atoms with E-state index in [9.17, 15) is 9.59 Å². The highest BCUT2D eigenvalue weighted by Crippen LogP contribution is 2.12. The predicted molar refractivity (Wildman–Crippen MR) is 76.9 cm³/mol. The Hall–Kier alpha value is -1.82. The molecule has 2 N–H and O–H groups in total. The van der Waals surface area contributed by atoms with Crippen molar-refractivity contribution in [2.45, 2.75) is 13.3 Å². The van der Waals surface area contributed by atoms with E-state index in [0.29, 0.717) is 23.8 Å². The van der Waals surface area contributed by atoms with E-state index in [-0.39, 0.29) is 12.5 Å². The second-order valence-corrected chi connectivity index (χ2v) is 5.01. The standard InChI is InChI=1S/C13H18ClN3O3/c1-9(13(19)20)5-6-15-12(18)8-17(2)11-4-3-10(14)7-16-11/h3-4,7,9H,5-6,8H2,1-2H3,(H,15,18)(H,19,20). The Kier molecular flexibility index (Phi) is 6.24. The number of nitrogens with one attached hydrogen (secondary N) is 1. The van der Waals surface area contributed by atoms with E-state index < -0.39 is 11.9 Å². The molecule has 0 fully saturated rings. The van der Waals surface area contributed by atoms with E-state index in [1.165, 1.54) is 6.20 Å². The van der Waals surface area contributed by atoms with Crippen molar-refractivity contribution >= 4 is 29.3 Å². The van der Waals surface area contributed by atoms with E-state index in [4.69, 9.17) is 16.7 Å². The number of carboxylic acid groups (broad SMARTS) is 1. The molecule has 0 radical (unpaired) electrons. The summed E-state index contributed by atoms with van der Waals surface area (Å²) in [6.07, 6.45) is 1.92. The zero-order valence-electron chi connectivity index (χ0n) is 11.5. The topological polar surface area (TPSA) is 82.5 Å². The SMILES string of the molecule is CC(CCNC(=O)CN(C)c1ccc(Cl)cn1)C(=O)O. The average Bonchev–Trinajstić information content (AvgIpc) is 2.39. The van der Waals surface area contributed by atoms with Crippen molar-refractivity contribution in [3.63, 3.8) is 0 Å². The first kappa shape index (κ1) is 16.2. The largest absolute Gasteiger partial charge is 0.481 e. The van der Waals surface area contributed by atoms with Gasteiger partial charge in [-0.05, 0) is 18.6 Å². The number of carboxylic acids is 1. The van der Waals surface area contributed by atoms with Crippen LogP contribution in [0, 0.1) is 5.92 Å². The molecule has 1 unspecified atom stereocenters. The van der Waals surface area contributed by atoms with E-state index in [1.54, 1.807) is 31.0 Å². The summed E-state index contributed by atoms with van der Waals surface area (Å²) in [5.74, 6) is -0.863. The molecular formula is C13H18ClN3O3. The van der Waals surface area contributed by atoms with Gasteiger partial charge in [-0.1, -0.05) is 18.5 Å². The zero-order chi connectivity index (χ0) is 15.1. The number of anilines is 1. The van der Waals surface area contributed by atoms with Gasteiger partial charge in [-0.25, -0.2) is 4.98 Å². The molecule has 1 aromatic heterocycles. The molecule has 0 bridgehead atoms. The second-order valence-electron chi connectivity index (χ2n) is 4.57. The molecule has 20 heavy (non-hydrogen) atoms. The minimum absolute atomic E-state index is 0.149. The number of hydrogen-bond acceptors (Lipinski definition) is 4. The van der Waals surface area contributed by atoms with Gasteiger partial charge >= 0.3 is 5.97 Å². The minimum Gasteiger partial charge on any atom is -0.481 e. The maximum atomic E-state index is 11.7. The van der Waals surface area contributed by atoms with E-state index in [1.807, 2.05) is 0 Å². The highest BCUT2D eigenvalue weighted by Gasteiger charge is 2.12.